The van der Waals surface area contributed by atoms with E-state index >= 15 is 0 Å². The molecular formula is C11H9F4N5. The Morgan fingerprint density at radius 2 is 2.10 bits per heavy atom. The van der Waals surface area contributed by atoms with Crippen LogP contribution >= 0.6 is 0 Å². The highest BCUT2D eigenvalue weighted by Gasteiger charge is 2.73. The number of tetrazole rings is 1. The van der Waals surface area contributed by atoms with Crippen LogP contribution in [0.2, 0.25) is 0 Å². The number of rotatable bonds is 2. The van der Waals surface area contributed by atoms with Crippen LogP contribution in [-0.2, 0) is 0 Å². The van der Waals surface area contributed by atoms with Gasteiger partial charge in [-0.1, -0.05) is 6.07 Å². The third kappa shape index (κ3) is 1.81. The smallest absolute Gasteiger partial charge is 0.399 e. The number of benzene rings is 1. The Kier molecular flexibility index (Phi) is 2.50. The maximum Gasteiger partial charge on any atom is 0.423 e. The molecule has 0 bridgehead atoms. The van der Waals surface area contributed by atoms with Gasteiger partial charge in [0.2, 0.25) is 5.67 Å². The van der Waals surface area contributed by atoms with Crippen LogP contribution < -0.4 is 5.73 Å². The lowest BCUT2D eigenvalue weighted by Gasteiger charge is -2.14. The number of aromatic nitrogens is 4. The van der Waals surface area contributed by atoms with E-state index in [1.54, 1.807) is 0 Å². The van der Waals surface area contributed by atoms with Gasteiger partial charge >= 0.3 is 6.18 Å². The molecule has 1 fully saturated rings. The summed E-state index contributed by atoms with van der Waals surface area (Å²) in [6.07, 6.45) is -4.28. The zero-order valence-electron chi connectivity index (χ0n) is 9.97. The second kappa shape index (κ2) is 3.90. The van der Waals surface area contributed by atoms with Gasteiger partial charge in [-0.25, -0.2) is 9.07 Å². The molecule has 9 heteroatoms. The summed E-state index contributed by atoms with van der Waals surface area (Å²) in [5.41, 5.74) is 3.19. The molecule has 106 valence electrons. The van der Waals surface area contributed by atoms with Crippen LogP contribution in [0.1, 0.15) is 17.9 Å². The molecule has 1 aliphatic carbocycles. The van der Waals surface area contributed by atoms with Crippen molar-refractivity contribution in [1.82, 2.24) is 20.2 Å². The first kappa shape index (κ1) is 12.8. The van der Waals surface area contributed by atoms with E-state index in [1.807, 2.05) is 0 Å². The molecule has 0 aliphatic heterocycles. The highest BCUT2D eigenvalue weighted by Crippen LogP contribution is 2.63. The van der Waals surface area contributed by atoms with Crippen LogP contribution in [0.25, 0.3) is 5.69 Å². The molecular weight excluding hydrogens is 278 g/mol. The van der Waals surface area contributed by atoms with E-state index < -0.39 is 24.2 Å². The predicted octanol–water partition coefficient (Wildman–Crippen LogP) is 2.00. The fraction of sp³-hybridized carbons (Fsp3) is 0.364. The van der Waals surface area contributed by atoms with Gasteiger partial charge in [0.15, 0.2) is 0 Å². The molecule has 1 aromatic carbocycles. The normalized spacial score (nSPS) is 25.7. The minimum atomic E-state index is -4.89. The van der Waals surface area contributed by atoms with E-state index in [1.165, 1.54) is 29.2 Å². The minimum Gasteiger partial charge on any atom is -0.399 e. The molecule has 1 heterocycles. The van der Waals surface area contributed by atoms with Crippen molar-refractivity contribution in [2.24, 2.45) is 0 Å². The summed E-state index contributed by atoms with van der Waals surface area (Å²) in [6, 6.07) is 4.23. The van der Waals surface area contributed by atoms with Crippen LogP contribution in [0.3, 0.4) is 0 Å². The molecule has 3 rings (SSSR count). The van der Waals surface area contributed by atoms with Crippen LogP contribution in [0.4, 0.5) is 23.2 Å². The highest BCUT2D eigenvalue weighted by atomic mass is 19.4. The Morgan fingerprint density at radius 1 is 1.35 bits per heavy atom. The van der Waals surface area contributed by atoms with Gasteiger partial charge in [-0.2, -0.15) is 13.2 Å². The van der Waals surface area contributed by atoms with Crippen molar-refractivity contribution in [1.29, 1.82) is 0 Å². The molecule has 0 saturated heterocycles. The van der Waals surface area contributed by atoms with Gasteiger partial charge in [-0.3, -0.25) is 0 Å². The molecule has 1 saturated carbocycles. The predicted molar refractivity (Wildman–Crippen MR) is 60.8 cm³/mol. The van der Waals surface area contributed by atoms with Gasteiger partial charge in [0.05, 0.1) is 5.69 Å². The summed E-state index contributed by atoms with van der Waals surface area (Å²) in [4.78, 5) is 0. The first-order valence-corrected chi connectivity index (χ1v) is 5.71. The summed E-state index contributed by atoms with van der Waals surface area (Å²) in [5.74, 6) is -1.26. The molecule has 1 aliphatic rings. The Bertz CT molecular complexity index is 639. The average Bonchev–Trinajstić information content (AvgIpc) is 2.86. The minimum absolute atomic E-state index is 0.186. The van der Waals surface area contributed by atoms with Gasteiger partial charge in [0.1, 0.15) is 6.33 Å². The second-order valence-corrected chi connectivity index (χ2v) is 4.69. The van der Waals surface area contributed by atoms with Crippen molar-refractivity contribution >= 4 is 5.69 Å². The number of nitrogen functional groups attached to an aromatic ring is 1. The van der Waals surface area contributed by atoms with Crippen molar-refractivity contribution in [3.63, 3.8) is 0 Å². The van der Waals surface area contributed by atoms with Crippen LogP contribution in [0.5, 0.6) is 0 Å². The SMILES string of the molecule is Nc1ccc(C2CC2(F)C(F)(F)F)c(-n2cnnn2)c1. The molecule has 2 aromatic rings. The lowest BCUT2D eigenvalue weighted by molar-refractivity contribution is -0.194. The fourth-order valence-electron chi connectivity index (χ4n) is 2.23. The topological polar surface area (TPSA) is 69.6 Å². The molecule has 20 heavy (non-hydrogen) atoms. The van der Waals surface area contributed by atoms with Gasteiger partial charge in [0.25, 0.3) is 0 Å². The van der Waals surface area contributed by atoms with Crippen molar-refractivity contribution < 1.29 is 17.6 Å². The molecule has 1 aromatic heterocycles. The molecule has 5 nitrogen and oxygen atoms in total. The lowest BCUT2D eigenvalue weighted by atomic mass is 10.0. The standard InChI is InChI=1S/C11H9F4N5/c12-10(11(13,14)15)4-8(10)7-2-1-6(16)3-9(7)20-5-17-18-19-20/h1-3,5,8H,4,16H2. The third-order valence-corrected chi connectivity index (χ3v) is 3.39. The fourth-order valence-corrected chi connectivity index (χ4v) is 2.23. The van der Waals surface area contributed by atoms with Crippen molar-refractivity contribution in [2.45, 2.75) is 24.2 Å². The lowest BCUT2D eigenvalue weighted by Crippen LogP contribution is -2.28. The summed E-state index contributed by atoms with van der Waals surface area (Å²) < 4.78 is 53.0. The summed E-state index contributed by atoms with van der Waals surface area (Å²) in [5, 5.41) is 10.4. The van der Waals surface area contributed by atoms with E-state index in [9.17, 15) is 17.6 Å². The summed E-state index contributed by atoms with van der Waals surface area (Å²) in [6.45, 7) is 0. The van der Waals surface area contributed by atoms with E-state index in [2.05, 4.69) is 15.5 Å². The first-order chi connectivity index (χ1) is 9.33. The van der Waals surface area contributed by atoms with Gasteiger partial charge in [-0.05, 0) is 28.1 Å². The maximum atomic E-state index is 13.9. The van der Waals surface area contributed by atoms with Crippen molar-refractivity contribution in [2.75, 3.05) is 5.73 Å². The summed E-state index contributed by atoms with van der Waals surface area (Å²) >= 11 is 0. The number of hydrogen-bond acceptors (Lipinski definition) is 4. The van der Waals surface area contributed by atoms with E-state index in [-0.39, 0.29) is 11.3 Å². The van der Waals surface area contributed by atoms with E-state index in [4.69, 9.17) is 5.73 Å². The zero-order valence-corrected chi connectivity index (χ0v) is 9.97. The van der Waals surface area contributed by atoms with Gasteiger partial charge in [-0.15, -0.1) is 5.10 Å². The zero-order chi connectivity index (χ0) is 14.5. The number of nitrogens with zero attached hydrogens (tertiary/aromatic N) is 4. The molecule has 0 radical (unpaired) electrons. The summed E-state index contributed by atoms with van der Waals surface area (Å²) in [7, 11) is 0. The van der Waals surface area contributed by atoms with Crippen LogP contribution in [0.15, 0.2) is 24.5 Å². The first-order valence-electron chi connectivity index (χ1n) is 5.71. The third-order valence-electron chi connectivity index (χ3n) is 3.39. The van der Waals surface area contributed by atoms with Crippen molar-refractivity contribution in [3.05, 3.63) is 30.1 Å². The maximum absolute atomic E-state index is 13.9. The molecule has 2 unspecified atom stereocenters. The number of alkyl halides is 4. The van der Waals surface area contributed by atoms with E-state index in [0.717, 1.165) is 0 Å². The number of hydrogen-bond donors (Lipinski definition) is 1. The Labute approximate surface area is 110 Å². The molecule has 2 atom stereocenters. The van der Waals surface area contributed by atoms with Crippen LogP contribution in [-0.4, -0.2) is 32.1 Å². The Balaban J connectivity index is 2.05. The second-order valence-electron chi connectivity index (χ2n) is 4.69. The molecule has 2 N–H and O–H groups in total. The van der Waals surface area contributed by atoms with Gasteiger partial charge in [0, 0.05) is 18.0 Å². The number of nitrogens with two attached hydrogens (primary N) is 1. The molecule has 0 amide bonds. The molecule has 0 spiro atoms. The largest absolute Gasteiger partial charge is 0.423 e. The number of halogens is 4. The van der Waals surface area contributed by atoms with Crippen molar-refractivity contribution in [3.8, 4) is 5.69 Å². The Morgan fingerprint density at radius 3 is 2.65 bits per heavy atom. The number of anilines is 1. The average molecular weight is 287 g/mol. The monoisotopic (exact) mass is 287 g/mol. The van der Waals surface area contributed by atoms with Crippen LogP contribution in [0, 0.1) is 0 Å². The van der Waals surface area contributed by atoms with Gasteiger partial charge < -0.3 is 5.73 Å². The van der Waals surface area contributed by atoms with E-state index in [0.29, 0.717) is 5.69 Å². The highest BCUT2D eigenvalue weighted by molar-refractivity contribution is 5.56. The Hall–Kier alpha value is -2.19. The quantitative estimate of drug-likeness (QED) is 0.677.